The van der Waals surface area contributed by atoms with Gasteiger partial charge in [-0.2, -0.15) is 5.26 Å². The molecule has 2 saturated heterocycles. The fourth-order valence-corrected chi connectivity index (χ4v) is 6.49. The van der Waals surface area contributed by atoms with Gasteiger partial charge in [0.05, 0.1) is 17.8 Å². The molecule has 194 valence electrons. The van der Waals surface area contributed by atoms with Crippen molar-refractivity contribution in [2.45, 2.75) is 18.9 Å². The van der Waals surface area contributed by atoms with Gasteiger partial charge in [-0.1, -0.05) is 18.2 Å². The number of benzene rings is 1. The molecule has 11 heteroatoms. The lowest BCUT2D eigenvalue weighted by Gasteiger charge is -2.42. The van der Waals surface area contributed by atoms with Gasteiger partial charge in [-0.25, -0.2) is 4.98 Å². The zero-order valence-electron chi connectivity index (χ0n) is 20.9. The normalized spacial score (nSPS) is 17.4. The predicted octanol–water partition coefficient (Wildman–Crippen LogP) is 3.01. The van der Waals surface area contributed by atoms with Gasteiger partial charge in [0.2, 0.25) is 5.91 Å². The summed E-state index contributed by atoms with van der Waals surface area (Å²) in [6.45, 7) is 3.40. The first-order valence-corrected chi connectivity index (χ1v) is 13.3. The van der Waals surface area contributed by atoms with Gasteiger partial charge in [-0.05, 0) is 25.0 Å². The van der Waals surface area contributed by atoms with Crippen molar-refractivity contribution in [1.82, 2.24) is 14.8 Å². The number of furan rings is 1. The fourth-order valence-electron chi connectivity index (χ4n) is 5.54. The summed E-state index contributed by atoms with van der Waals surface area (Å²) >= 11 is 1.13. The van der Waals surface area contributed by atoms with Crippen LogP contribution in [-0.2, 0) is 4.79 Å². The minimum Gasteiger partial charge on any atom is -0.456 e. The third-order valence-corrected chi connectivity index (χ3v) is 8.75. The highest BCUT2D eigenvalue weighted by atomic mass is 32.1. The molecule has 0 saturated carbocycles. The van der Waals surface area contributed by atoms with E-state index in [1.165, 1.54) is 0 Å². The van der Waals surface area contributed by atoms with Gasteiger partial charge < -0.3 is 25.7 Å². The standard InChI is InChI=1S/C27H27N7O3S/c1-32-10-11-34(14-20(32)35)16-6-8-33(9-7-16)26-17(13-28)21(19-12-15-4-2-3-5-18(15)37-19)22-23(29)24(25(30)36)38-27(22)31-26/h2-5,12,16H,6-11,14,29H2,1H3,(H2,30,36). The van der Waals surface area contributed by atoms with Gasteiger partial charge >= 0.3 is 0 Å². The number of piperazine rings is 1. The van der Waals surface area contributed by atoms with Crippen LogP contribution in [0.2, 0.25) is 0 Å². The van der Waals surface area contributed by atoms with E-state index in [0.29, 0.717) is 64.2 Å². The lowest BCUT2D eigenvalue weighted by molar-refractivity contribution is -0.135. The molecule has 6 rings (SSSR count). The highest BCUT2D eigenvalue weighted by Gasteiger charge is 2.33. The molecule has 10 nitrogen and oxygen atoms in total. The third-order valence-electron chi connectivity index (χ3n) is 7.63. The number of likely N-dealkylation sites (N-methyl/N-ethyl adjacent to an activating group) is 1. The molecule has 2 aliphatic heterocycles. The van der Waals surface area contributed by atoms with Crippen LogP contribution >= 0.6 is 11.3 Å². The van der Waals surface area contributed by atoms with Gasteiger partial charge in [0.25, 0.3) is 5.91 Å². The Labute approximate surface area is 223 Å². The van der Waals surface area contributed by atoms with E-state index < -0.39 is 5.91 Å². The van der Waals surface area contributed by atoms with Crippen molar-refractivity contribution in [3.8, 4) is 17.4 Å². The number of primary amides is 1. The number of thiophene rings is 1. The maximum absolute atomic E-state index is 12.2. The fraction of sp³-hybridized carbons (Fsp3) is 0.333. The number of hydrogen-bond acceptors (Lipinski definition) is 9. The van der Waals surface area contributed by atoms with Crippen molar-refractivity contribution in [3.05, 3.63) is 40.8 Å². The highest BCUT2D eigenvalue weighted by Crippen LogP contribution is 2.45. The zero-order chi connectivity index (χ0) is 26.6. The van der Waals surface area contributed by atoms with Crippen molar-refractivity contribution in [2.75, 3.05) is 50.4 Å². The topological polar surface area (TPSA) is 146 Å². The van der Waals surface area contributed by atoms with Gasteiger partial charge in [0.1, 0.15) is 38.5 Å². The molecule has 2 fully saturated rings. The lowest BCUT2D eigenvalue weighted by Crippen LogP contribution is -2.54. The minimum absolute atomic E-state index is 0.147. The summed E-state index contributed by atoms with van der Waals surface area (Å²) in [5, 5.41) is 11.8. The average molecular weight is 530 g/mol. The molecule has 0 unspecified atom stereocenters. The molecule has 4 aromatic rings. The van der Waals surface area contributed by atoms with E-state index in [0.717, 1.165) is 42.7 Å². The summed E-state index contributed by atoms with van der Waals surface area (Å²) in [4.78, 5) is 36.1. The smallest absolute Gasteiger partial charge is 0.260 e. The number of rotatable bonds is 4. The number of anilines is 2. The molecular formula is C27H27N7O3S. The minimum atomic E-state index is -0.636. The Kier molecular flexibility index (Phi) is 5.93. The molecule has 3 aromatic heterocycles. The van der Waals surface area contributed by atoms with E-state index in [-0.39, 0.29) is 16.5 Å². The monoisotopic (exact) mass is 529 g/mol. The number of aromatic nitrogens is 1. The summed E-state index contributed by atoms with van der Waals surface area (Å²) in [5.41, 5.74) is 13.8. The Balaban J connectivity index is 1.42. The first-order chi connectivity index (χ1) is 18.4. The number of nitrogens with zero attached hydrogens (tertiary/aromatic N) is 5. The van der Waals surface area contributed by atoms with Crippen LogP contribution in [0.1, 0.15) is 28.1 Å². The summed E-state index contributed by atoms with van der Waals surface area (Å²) in [6.07, 6.45) is 1.70. The quantitative estimate of drug-likeness (QED) is 0.410. The molecule has 4 N–H and O–H groups in total. The van der Waals surface area contributed by atoms with E-state index >= 15 is 0 Å². The van der Waals surface area contributed by atoms with Crippen molar-refractivity contribution >= 4 is 55.8 Å². The van der Waals surface area contributed by atoms with Crippen molar-refractivity contribution in [3.63, 3.8) is 0 Å². The van der Waals surface area contributed by atoms with E-state index in [9.17, 15) is 14.9 Å². The zero-order valence-corrected chi connectivity index (χ0v) is 21.8. The number of piperidine rings is 1. The molecular weight excluding hydrogens is 502 g/mol. The number of nitrogens with two attached hydrogens (primary N) is 2. The van der Waals surface area contributed by atoms with Crippen LogP contribution in [0.5, 0.6) is 0 Å². The number of nitrogen functional groups attached to an aromatic ring is 1. The number of para-hydroxylation sites is 1. The first-order valence-electron chi connectivity index (χ1n) is 12.5. The number of carbonyl (C=O) groups is 2. The molecule has 0 radical (unpaired) electrons. The second-order valence-corrected chi connectivity index (χ2v) is 10.8. The largest absolute Gasteiger partial charge is 0.456 e. The Bertz CT molecular complexity index is 1590. The van der Waals surface area contributed by atoms with Crippen molar-refractivity contribution < 1.29 is 14.0 Å². The second-order valence-electron chi connectivity index (χ2n) is 9.84. The van der Waals surface area contributed by atoms with Crippen LogP contribution in [0.25, 0.3) is 32.5 Å². The highest BCUT2D eigenvalue weighted by molar-refractivity contribution is 7.21. The summed E-state index contributed by atoms with van der Waals surface area (Å²) in [6, 6.07) is 12.1. The Hall–Kier alpha value is -4.14. The van der Waals surface area contributed by atoms with Crippen molar-refractivity contribution in [1.29, 1.82) is 5.26 Å². The van der Waals surface area contributed by atoms with E-state index in [1.54, 1.807) is 4.90 Å². The first kappa shape index (κ1) is 24.2. The maximum Gasteiger partial charge on any atom is 0.260 e. The predicted molar refractivity (Wildman–Crippen MR) is 147 cm³/mol. The molecule has 1 aromatic carbocycles. The van der Waals surface area contributed by atoms with Crippen LogP contribution < -0.4 is 16.4 Å². The Morgan fingerprint density at radius 1 is 1.21 bits per heavy atom. The molecule has 2 aliphatic rings. The lowest BCUT2D eigenvalue weighted by atomic mass is 9.99. The summed E-state index contributed by atoms with van der Waals surface area (Å²) in [7, 11) is 1.84. The van der Waals surface area contributed by atoms with Crippen LogP contribution in [0.15, 0.2) is 34.7 Å². The SMILES string of the molecule is CN1CCN(C2CCN(c3nc4sc(C(N)=O)c(N)c4c(-c4cc5ccccc5o4)c3C#N)CC2)CC1=O. The van der Waals surface area contributed by atoms with Gasteiger partial charge in [-0.15, -0.1) is 11.3 Å². The Morgan fingerprint density at radius 2 is 1.97 bits per heavy atom. The number of pyridine rings is 1. The summed E-state index contributed by atoms with van der Waals surface area (Å²) < 4.78 is 6.18. The molecule has 0 bridgehead atoms. The molecule has 2 amide bonds. The molecule has 5 heterocycles. The van der Waals surface area contributed by atoms with E-state index in [1.807, 2.05) is 37.4 Å². The molecule has 0 atom stereocenters. The number of amides is 2. The average Bonchev–Trinajstić information content (AvgIpc) is 3.50. The van der Waals surface area contributed by atoms with Crippen LogP contribution in [0.3, 0.4) is 0 Å². The van der Waals surface area contributed by atoms with Gasteiger partial charge in [0, 0.05) is 50.0 Å². The van der Waals surface area contributed by atoms with E-state index in [2.05, 4.69) is 15.9 Å². The molecule has 0 aliphatic carbocycles. The molecule has 0 spiro atoms. The van der Waals surface area contributed by atoms with Crippen LogP contribution in [0.4, 0.5) is 11.5 Å². The van der Waals surface area contributed by atoms with Gasteiger partial charge in [-0.3, -0.25) is 14.5 Å². The number of fused-ring (bicyclic) bond motifs is 2. The maximum atomic E-state index is 12.2. The number of carbonyl (C=O) groups excluding carboxylic acids is 2. The van der Waals surface area contributed by atoms with E-state index in [4.69, 9.17) is 20.9 Å². The van der Waals surface area contributed by atoms with Crippen LogP contribution in [0, 0.1) is 11.3 Å². The molecule has 38 heavy (non-hydrogen) atoms. The summed E-state index contributed by atoms with van der Waals surface area (Å²) in [5.74, 6) is 0.542. The number of hydrogen-bond donors (Lipinski definition) is 2. The van der Waals surface area contributed by atoms with Crippen molar-refractivity contribution in [2.24, 2.45) is 5.73 Å². The Morgan fingerprint density at radius 3 is 2.66 bits per heavy atom. The second kappa shape index (κ2) is 9.31. The third kappa shape index (κ3) is 3.93. The van der Waals surface area contributed by atoms with Gasteiger partial charge in [0.15, 0.2) is 0 Å². The number of nitriles is 1. The van der Waals surface area contributed by atoms with Crippen LogP contribution in [-0.4, -0.2) is 72.4 Å².